The van der Waals surface area contributed by atoms with Crippen molar-refractivity contribution >= 4 is 40.1 Å². The Labute approximate surface area is 132 Å². The van der Waals surface area contributed by atoms with E-state index in [0.717, 1.165) is 6.42 Å². The summed E-state index contributed by atoms with van der Waals surface area (Å²) in [5.41, 5.74) is 6.08. The highest BCUT2D eigenvalue weighted by Gasteiger charge is 2.09. The summed E-state index contributed by atoms with van der Waals surface area (Å²) >= 11 is 6.25. The number of anilines is 1. The van der Waals surface area contributed by atoms with Crippen molar-refractivity contribution in [1.29, 1.82) is 0 Å². The summed E-state index contributed by atoms with van der Waals surface area (Å²) in [5.74, 6) is 0.557. The van der Waals surface area contributed by atoms with Gasteiger partial charge in [-0.15, -0.1) is 11.3 Å². The number of carbonyl (C=O) groups excluding carboxylic acids is 1. The molecule has 1 aromatic carbocycles. The van der Waals surface area contributed by atoms with Crippen molar-refractivity contribution in [3.8, 4) is 5.75 Å². The zero-order valence-electron chi connectivity index (χ0n) is 11.6. The molecule has 3 N–H and O–H groups in total. The van der Waals surface area contributed by atoms with E-state index >= 15 is 0 Å². The first kappa shape index (κ1) is 15.5. The average Bonchev–Trinajstić information content (AvgIpc) is 2.95. The van der Waals surface area contributed by atoms with Crippen LogP contribution in [-0.2, 0) is 6.42 Å². The highest BCUT2D eigenvalue weighted by molar-refractivity contribution is 7.80. The molecule has 1 amide bonds. The van der Waals surface area contributed by atoms with Crippen LogP contribution >= 0.6 is 23.6 Å². The number of hydrogen-bond donors (Lipinski definition) is 2. The van der Waals surface area contributed by atoms with Crippen LogP contribution in [0.1, 0.15) is 21.5 Å². The van der Waals surface area contributed by atoms with E-state index in [4.69, 9.17) is 22.7 Å². The molecule has 110 valence electrons. The summed E-state index contributed by atoms with van der Waals surface area (Å²) in [6, 6.07) is 10.9. The third-order valence-corrected chi connectivity index (χ3v) is 4.07. The monoisotopic (exact) mass is 320 g/mol. The van der Waals surface area contributed by atoms with Crippen molar-refractivity contribution < 1.29 is 9.53 Å². The van der Waals surface area contributed by atoms with Crippen molar-refractivity contribution in [2.45, 2.75) is 13.3 Å². The molecule has 0 bridgehead atoms. The lowest BCUT2D eigenvalue weighted by molar-refractivity contribution is 0.103. The summed E-state index contributed by atoms with van der Waals surface area (Å²) in [5, 5.41) is 2.85. The first-order valence-electron chi connectivity index (χ1n) is 6.49. The lowest BCUT2D eigenvalue weighted by atomic mass is 10.3. The van der Waals surface area contributed by atoms with Crippen LogP contribution in [0.15, 0.2) is 36.4 Å². The molecule has 1 aromatic heterocycles. The van der Waals surface area contributed by atoms with Crippen molar-refractivity contribution in [3.63, 3.8) is 0 Å². The van der Waals surface area contributed by atoms with Gasteiger partial charge in [0, 0.05) is 10.6 Å². The Kier molecular flexibility index (Phi) is 5.30. The van der Waals surface area contributed by atoms with Gasteiger partial charge in [-0.1, -0.05) is 19.1 Å². The van der Waals surface area contributed by atoms with Gasteiger partial charge < -0.3 is 15.8 Å². The molecule has 0 radical (unpaired) electrons. The first-order chi connectivity index (χ1) is 10.1. The number of nitrogens with one attached hydrogen (secondary N) is 1. The highest BCUT2D eigenvalue weighted by atomic mass is 32.1. The third kappa shape index (κ3) is 4.54. The normalized spacial score (nSPS) is 10.1. The molecule has 2 aromatic rings. The van der Waals surface area contributed by atoms with Crippen LogP contribution < -0.4 is 15.8 Å². The van der Waals surface area contributed by atoms with E-state index in [0.29, 0.717) is 21.3 Å². The zero-order valence-corrected chi connectivity index (χ0v) is 13.2. The van der Waals surface area contributed by atoms with Crippen molar-refractivity contribution in [3.05, 3.63) is 46.2 Å². The Morgan fingerprint density at radius 3 is 2.57 bits per heavy atom. The van der Waals surface area contributed by atoms with Gasteiger partial charge in [-0.25, -0.2) is 0 Å². The van der Waals surface area contributed by atoms with Gasteiger partial charge in [-0.2, -0.15) is 0 Å². The predicted octanol–water partition coefficient (Wildman–Crippen LogP) is 3.23. The van der Waals surface area contributed by atoms with E-state index in [1.165, 1.54) is 16.2 Å². The van der Waals surface area contributed by atoms with Crippen LogP contribution in [0, 0.1) is 0 Å². The Morgan fingerprint density at radius 1 is 1.29 bits per heavy atom. The van der Waals surface area contributed by atoms with Crippen molar-refractivity contribution in [2.24, 2.45) is 5.73 Å². The minimum absolute atomic E-state index is 0.100. The molecule has 0 aliphatic heterocycles. The molecule has 6 heteroatoms. The fourth-order valence-electron chi connectivity index (χ4n) is 1.67. The van der Waals surface area contributed by atoms with E-state index in [2.05, 4.69) is 12.2 Å². The third-order valence-electron chi connectivity index (χ3n) is 2.73. The maximum absolute atomic E-state index is 12.1. The van der Waals surface area contributed by atoms with Gasteiger partial charge in [-0.05, 0) is 42.8 Å². The lowest BCUT2D eigenvalue weighted by Crippen LogP contribution is -2.17. The second-order valence-electron chi connectivity index (χ2n) is 4.35. The van der Waals surface area contributed by atoms with Crippen LogP contribution in [0.2, 0.25) is 0 Å². The number of nitrogens with two attached hydrogens (primary N) is 1. The number of thiophene rings is 1. The number of carbonyl (C=O) groups is 1. The molecule has 0 fully saturated rings. The largest absolute Gasteiger partial charge is 0.487 e. The summed E-state index contributed by atoms with van der Waals surface area (Å²) in [6.07, 6.45) is 0.937. The van der Waals surface area contributed by atoms with Crippen LogP contribution in [0.3, 0.4) is 0 Å². The second-order valence-corrected chi connectivity index (χ2v) is 6.05. The molecule has 0 aliphatic rings. The number of thiocarbonyl (C=S) groups is 1. The number of amides is 1. The van der Waals surface area contributed by atoms with Gasteiger partial charge in [0.2, 0.25) is 0 Å². The Hall–Kier alpha value is -1.92. The predicted molar refractivity (Wildman–Crippen MR) is 90.4 cm³/mol. The van der Waals surface area contributed by atoms with Crippen LogP contribution in [0.4, 0.5) is 5.69 Å². The smallest absolute Gasteiger partial charge is 0.265 e. The van der Waals surface area contributed by atoms with Gasteiger partial charge in [0.1, 0.15) is 17.3 Å². The summed E-state index contributed by atoms with van der Waals surface area (Å²) in [4.78, 5) is 14.3. The number of ether oxygens (including phenoxy) is 1. The number of hydrogen-bond acceptors (Lipinski definition) is 4. The quantitative estimate of drug-likeness (QED) is 0.802. The number of rotatable bonds is 6. The minimum atomic E-state index is -0.100. The highest BCUT2D eigenvalue weighted by Crippen LogP contribution is 2.20. The van der Waals surface area contributed by atoms with E-state index < -0.39 is 0 Å². The second kappa shape index (κ2) is 7.19. The molecule has 0 saturated carbocycles. The summed E-state index contributed by atoms with van der Waals surface area (Å²) in [7, 11) is 0. The molecule has 0 atom stereocenters. The molecular weight excluding hydrogens is 304 g/mol. The molecule has 1 heterocycles. The van der Waals surface area contributed by atoms with Crippen LogP contribution in [-0.4, -0.2) is 17.5 Å². The molecule has 2 rings (SSSR count). The van der Waals surface area contributed by atoms with Gasteiger partial charge in [0.05, 0.1) is 4.88 Å². The van der Waals surface area contributed by atoms with Crippen molar-refractivity contribution in [2.75, 3.05) is 11.9 Å². The Balaban J connectivity index is 1.96. The molecule has 0 aliphatic carbocycles. The molecular formula is C15H16N2O2S2. The fourth-order valence-corrected chi connectivity index (χ4v) is 2.57. The lowest BCUT2D eigenvalue weighted by Gasteiger charge is -2.07. The molecule has 0 unspecified atom stereocenters. The summed E-state index contributed by atoms with van der Waals surface area (Å²) < 4.78 is 5.35. The van der Waals surface area contributed by atoms with Crippen LogP contribution in [0.5, 0.6) is 5.75 Å². The number of aryl methyl sites for hydroxylation is 1. The van der Waals surface area contributed by atoms with E-state index in [1.807, 2.05) is 12.1 Å². The molecule has 0 spiro atoms. The Bertz CT molecular complexity index is 635. The van der Waals surface area contributed by atoms with E-state index in [9.17, 15) is 4.79 Å². The van der Waals surface area contributed by atoms with E-state index in [1.54, 1.807) is 24.3 Å². The Morgan fingerprint density at radius 2 is 2.00 bits per heavy atom. The molecule has 0 saturated heterocycles. The van der Waals surface area contributed by atoms with Crippen molar-refractivity contribution in [1.82, 2.24) is 0 Å². The maximum atomic E-state index is 12.1. The van der Waals surface area contributed by atoms with E-state index in [-0.39, 0.29) is 12.5 Å². The SMILES string of the molecule is CCc1ccc(C(=O)Nc2ccc(OCC(N)=S)cc2)s1. The molecule has 21 heavy (non-hydrogen) atoms. The summed E-state index contributed by atoms with van der Waals surface area (Å²) in [6.45, 7) is 2.27. The van der Waals surface area contributed by atoms with Crippen LogP contribution in [0.25, 0.3) is 0 Å². The topological polar surface area (TPSA) is 64.3 Å². The minimum Gasteiger partial charge on any atom is -0.487 e. The fraction of sp³-hybridized carbons (Fsp3) is 0.200. The average molecular weight is 320 g/mol. The first-order valence-corrected chi connectivity index (χ1v) is 7.72. The number of benzene rings is 1. The van der Waals surface area contributed by atoms with Gasteiger partial charge in [0.25, 0.3) is 5.91 Å². The zero-order chi connectivity index (χ0) is 15.2. The maximum Gasteiger partial charge on any atom is 0.265 e. The van der Waals surface area contributed by atoms with Gasteiger partial charge >= 0.3 is 0 Å². The standard InChI is InChI=1S/C15H16N2O2S2/c1-2-12-7-8-13(21-12)15(18)17-10-3-5-11(6-4-10)19-9-14(16)20/h3-8H,2,9H2,1H3,(H2,16,20)(H,17,18). The van der Waals surface area contributed by atoms with Gasteiger partial charge in [-0.3, -0.25) is 4.79 Å². The molecule has 4 nitrogen and oxygen atoms in total. The van der Waals surface area contributed by atoms with Gasteiger partial charge in [0.15, 0.2) is 0 Å².